The first-order valence-corrected chi connectivity index (χ1v) is 11.0. The molecule has 2 rings (SSSR count). The van der Waals surface area contributed by atoms with Crippen LogP contribution in [-0.2, 0) is 26.5 Å². The van der Waals surface area contributed by atoms with Crippen LogP contribution in [0.15, 0.2) is 64.4 Å². The van der Waals surface area contributed by atoms with E-state index < -0.39 is 20.0 Å². The van der Waals surface area contributed by atoms with Gasteiger partial charge in [0.05, 0.1) is 9.79 Å². The van der Waals surface area contributed by atoms with Crippen molar-refractivity contribution in [1.29, 1.82) is 0 Å². The molecule has 0 aliphatic carbocycles. The number of benzene rings is 2. The molecule has 0 unspecified atom stereocenters. The second-order valence-corrected chi connectivity index (χ2v) is 9.43. The Morgan fingerprint density at radius 1 is 0.889 bits per heavy atom. The predicted molar refractivity (Wildman–Crippen MR) is 108 cm³/mol. The minimum absolute atomic E-state index is 0. The Morgan fingerprint density at radius 3 is 1.96 bits per heavy atom. The number of hydrogen-bond acceptors (Lipinski definition) is 5. The maximum atomic E-state index is 12.9. The van der Waals surface area contributed by atoms with E-state index in [1.54, 1.807) is 0 Å². The van der Waals surface area contributed by atoms with Gasteiger partial charge in [0.25, 0.3) is 0 Å². The summed E-state index contributed by atoms with van der Waals surface area (Å²) in [4.78, 5) is 0.0441. The van der Waals surface area contributed by atoms with Crippen LogP contribution in [0.4, 0.5) is 0 Å². The quantitative estimate of drug-likeness (QED) is 0.617. The van der Waals surface area contributed by atoms with Crippen LogP contribution in [0.1, 0.15) is 5.56 Å². The molecule has 0 bridgehead atoms. The minimum Gasteiger partial charge on any atom is -0.329 e. The van der Waals surface area contributed by atoms with Crippen LogP contribution >= 0.6 is 12.4 Å². The minimum atomic E-state index is -3.76. The van der Waals surface area contributed by atoms with Gasteiger partial charge in [0.2, 0.25) is 20.0 Å². The molecule has 10 heteroatoms. The Kier molecular flexibility index (Phi) is 8.86. The summed E-state index contributed by atoms with van der Waals surface area (Å²) in [5.41, 5.74) is 6.61. The van der Waals surface area contributed by atoms with Gasteiger partial charge >= 0.3 is 0 Å². The van der Waals surface area contributed by atoms with Gasteiger partial charge in [-0.05, 0) is 43.3 Å². The maximum absolute atomic E-state index is 12.9. The van der Waals surface area contributed by atoms with Crippen molar-refractivity contribution in [3.8, 4) is 0 Å². The van der Waals surface area contributed by atoms with Crippen LogP contribution in [0.25, 0.3) is 0 Å². The van der Waals surface area contributed by atoms with Crippen molar-refractivity contribution in [2.45, 2.75) is 16.2 Å². The Hall–Kier alpha value is -1.49. The van der Waals surface area contributed by atoms with Gasteiger partial charge in [-0.1, -0.05) is 30.3 Å². The zero-order valence-electron chi connectivity index (χ0n) is 14.9. The first-order valence-electron chi connectivity index (χ1n) is 8.09. The summed E-state index contributed by atoms with van der Waals surface area (Å²) in [6, 6.07) is 14.7. The molecule has 2 aromatic rings. The lowest BCUT2D eigenvalue weighted by Crippen LogP contribution is -2.37. The molecule has 150 valence electrons. The van der Waals surface area contributed by atoms with Crippen molar-refractivity contribution in [2.24, 2.45) is 5.73 Å². The molecule has 0 aliphatic rings. The summed E-state index contributed by atoms with van der Waals surface area (Å²) < 4.78 is 52.8. The lowest BCUT2D eigenvalue weighted by Gasteiger charge is -2.21. The highest BCUT2D eigenvalue weighted by Crippen LogP contribution is 2.19. The fourth-order valence-corrected chi connectivity index (χ4v) is 4.64. The molecule has 0 saturated carbocycles. The number of halogens is 1. The second kappa shape index (κ2) is 10.2. The Labute approximate surface area is 167 Å². The van der Waals surface area contributed by atoms with E-state index in [0.717, 1.165) is 5.56 Å². The number of nitrogens with two attached hydrogens (primary N) is 1. The lowest BCUT2D eigenvalue weighted by molar-refractivity contribution is 0.421. The van der Waals surface area contributed by atoms with Crippen LogP contribution < -0.4 is 10.5 Å². The van der Waals surface area contributed by atoms with Gasteiger partial charge in [-0.3, -0.25) is 0 Å². The Morgan fingerprint density at radius 2 is 1.44 bits per heavy atom. The summed E-state index contributed by atoms with van der Waals surface area (Å²) in [5.74, 6) is 0. The van der Waals surface area contributed by atoms with E-state index >= 15 is 0 Å². The van der Waals surface area contributed by atoms with E-state index in [-0.39, 0.29) is 35.3 Å². The SMILES string of the molecule is CNS(=O)(=O)c1ccc(S(=O)(=O)N(CCN)CCc2ccccc2)cc1.Cl. The van der Waals surface area contributed by atoms with Gasteiger partial charge in [-0.25, -0.2) is 21.6 Å². The first-order chi connectivity index (χ1) is 12.3. The summed E-state index contributed by atoms with van der Waals surface area (Å²) in [6.45, 7) is 0.673. The number of sulfonamides is 2. The van der Waals surface area contributed by atoms with E-state index in [1.165, 1.54) is 35.6 Å². The highest BCUT2D eigenvalue weighted by molar-refractivity contribution is 7.89. The molecular weight excluding hydrogens is 410 g/mol. The molecule has 7 nitrogen and oxygen atoms in total. The molecule has 0 spiro atoms. The number of hydrogen-bond donors (Lipinski definition) is 2. The van der Waals surface area contributed by atoms with Gasteiger partial charge in [-0.2, -0.15) is 4.31 Å². The normalized spacial score (nSPS) is 12.0. The van der Waals surface area contributed by atoms with Gasteiger partial charge in [0.15, 0.2) is 0 Å². The Balaban J connectivity index is 0.00000364. The zero-order chi connectivity index (χ0) is 19.2. The summed E-state index contributed by atoms with van der Waals surface area (Å²) in [5, 5.41) is 0. The van der Waals surface area contributed by atoms with E-state index in [2.05, 4.69) is 4.72 Å². The molecule has 0 aliphatic heterocycles. The Bertz CT molecular complexity index is 918. The molecule has 0 radical (unpaired) electrons. The number of nitrogens with zero attached hydrogens (tertiary/aromatic N) is 1. The average Bonchev–Trinajstić information content (AvgIpc) is 2.66. The van der Waals surface area contributed by atoms with Crippen LogP contribution in [-0.4, -0.2) is 47.8 Å². The van der Waals surface area contributed by atoms with E-state index in [0.29, 0.717) is 13.0 Å². The van der Waals surface area contributed by atoms with Crippen molar-refractivity contribution < 1.29 is 16.8 Å². The molecule has 0 amide bonds. The molecule has 3 N–H and O–H groups in total. The predicted octanol–water partition coefficient (Wildman–Crippen LogP) is 1.21. The third kappa shape index (κ3) is 6.00. The maximum Gasteiger partial charge on any atom is 0.243 e. The monoisotopic (exact) mass is 433 g/mol. The topological polar surface area (TPSA) is 110 Å². The van der Waals surface area contributed by atoms with Crippen molar-refractivity contribution in [3.63, 3.8) is 0 Å². The van der Waals surface area contributed by atoms with E-state index in [1.807, 2.05) is 30.3 Å². The largest absolute Gasteiger partial charge is 0.329 e. The summed E-state index contributed by atoms with van der Waals surface area (Å²) in [6.07, 6.45) is 0.562. The van der Waals surface area contributed by atoms with Gasteiger partial charge in [0, 0.05) is 19.6 Å². The van der Waals surface area contributed by atoms with Gasteiger partial charge in [-0.15, -0.1) is 12.4 Å². The third-order valence-electron chi connectivity index (χ3n) is 3.91. The standard InChI is InChI=1S/C17H23N3O4S2.ClH/c1-19-25(21,22)16-7-9-17(10-8-16)26(23,24)20(14-12-18)13-11-15-5-3-2-4-6-15;/h2-10,19H,11-14,18H2,1H3;1H. The van der Waals surface area contributed by atoms with Crippen LogP contribution in [0, 0.1) is 0 Å². The molecule has 0 aromatic heterocycles. The highest BCUT2D eigenvalue weighted by Gasteiger charge is 2.24. The molecular formula is C17H24ClN3O4S2. The smallest absolute Gasteiger partial charge is 0.243 e. The van der Waals surface area contributed by atoms with Gasteiger partial charge in [0.1, 0.15) is 0 Å². The van der Waals surface area contributed by atoms with Crippen molar-refractivity contribution in [1.82, 2.24) is 9.03 Å². The van der Waals surface area contributed by atoms with Crippen LogP contribution in [0.5, 0.6) is 0 Å². The van der Waals surface area contributed by atoms with E-state index in [4.69, 9.17) is 5.73 Å². The number of nitrogens with one attached hydrogen (secondary N) is 1. The molecule has 0 fully saturated rings. The summed E-state index contributed by atoms with van der Waals surface area (Å²) >= 11 is 0. The second-order valence-electron chi connectivity index (χ2n) is 5.61. The van der Waals surface area contributed by atoms with Crippen molar-refractivity contribution in [3.05, 3.63) is 60.2 Å². The van der Waals surface area contributed by atoms with E-state index in [9.17, 15) is 16.8 Å². The highest BCUT2D eigenvalue weighted by atomic mass is 35.5. The van der Waals surface area contributed by atoms with Crippen LogP contribution in [0.3, 0.4) is 0 Å². The number of rotatable bonds is 9. The molecule has 27 heavy (non-hydrogen) atoms. The van der Waals surface area contributed by atoms with Gasteiger partial charge < -0.3 is 5.73 Å². The first kappa shape index (κ1) is 23.5. The molecule has 2 aromatic carbocycles. The van der Waals surface area contributed by atoms with Crippen molar-refractivity contribution in [2.75, 3.05) is 26.7 Å². The third-order valence-corrected chi connectivity index (χ3v) is 7.25. The average molecular weight is 434 g/mol. The van der Waals surface area contributed by atoms with Crippen LogP contribution in [0.2, 0.25) is 0 Å². The molecule has 0 atom stereocenters. The van der Waals surface area contributed by atoms with Crippen molar-refractivity contribution >= 4 is 32.5 Å². The fourth-order valence-electron chi connectivity index (χ4n) is 2.45. The summed E-state index contributed by atoms with van der Waals surface area (Å²) in [7, 11) is -6.08. The fraction of sp³-hybridized carbons (Fsp3) is 0.294. The zero-order valence-corrected chi connectivity index (χ0v) is 17.4. The lowest BCUT2D eigenvalue weighted by atomic mass is 10.1. The molecule has 0 heterocycles. The molecule has 0 saturated heterocycles.